The number of H-pyrrole nitrogens is 1. The lowest BCUT2D eigenvalue weighted by molar-refractivity contribution is -0.137. The Kier molecular flexibility index (Phi) is 7.33. The number of aromatic amines is 1. The number of carbonyl (C=O) groups excluding carboxylic acids is 2. The molecule has 0 aromatic carbocycles. The van der Waals surface area contributed by atoms with Gasteiger partial charge >= 0.3 is 6.09 Å². The van der Waals surface area contributed by atoms with Crippen molar-refractivity contribution < 1.29 is 14.3 Å². The predicted molar refractivity (Wildman–Crippen MR) is 157 cm³/mol. The minimum absolute atomic E-state index is 0.187. The first kappa shape index (κ1) is 27.9. The third-order valence-corrected chi connectivity index (χ3v) is 7.29. The van der Waals surface area contributed by atoms with Crippen LogP contribution in [0.5, 0.6) is 0 Å². The molecule has 1 aliphatic carbocycles. The van der Waals surface area contributed by atoms with Crippen LogP contribution in [-0.2, 0) is 9.53 Å². The molecule has 1 fully saturated rings. The van der Waals surface area contributed by atoms with E-state index in [1.807, 2.05) is 36.2 Å². The second-order valence-electron chi connectivity index (χ2n) is 11.3. The number of allylic oxidation sites excluding steroid dienone is 2. The molecule has 1 saturated heterocycles. The van der Waals surface area contributed by atoms with Crippen LogP contribution >= 0.6 is 0 Å². The van der Waals surface area contributed by atoms with Gasteiger partial charge in [0, 0.05) is 44.1 Å². The third kappa shape index (κ3) is 5.54. The highest BCUT2D eigenvalue weighted by atomic mass is 16.6. The summed E-state index contributed by atoms with van der Waals surface area (Å²) < 4.78 is 7.32. The fourth-order valence-corrected chi connectivity index (χ4v) is 5.40. The molecule has 0 spiro atoms. The lowest BCUT2D eigenvalue weighted by Crippen LogP contribution is -2.63. The molecule has 5 rings (SSSR count). The van der Waals surface area contributed by atoms with Gasteiger partial charge in [-0.15, -0.1) is 5.10 Å². The van der Waals surface area contributed by atoms with Gasteiger partial charge in [0.2, 0.25) is 5.95 Å². The van der Waals surface area contributed by atoms with Crippen molar-refractivity contribution in [3.05, 3.63) is 66.5 Å². The van der Waals surface area contributed by atoms with Crippen molar-refractivity contribution in [2.45, 2.75) is 51.7 Å². The maximum atomic E-state index is 14.2. The summed E-state index contributed by atoms with van der Waals surface area (Å²) in [6.45, 7) is 17.0. The van der Waals surface area contributed by atoms with Gasteiger partial charge in [0.1, 0.15) is 16.7 Å². The molecule has 3 aromatic heterocycles. The maximum absolute atomic E-state index is 14.2. The van der Waals surface area contributed by atoms with Crippen molar-refractivity contribution in [1.82, 2.24) is 35.0 Å². The van der Waals surface area contributed by atoms with E-state index in [2.05, 4.69) is 34.0 Å². The summed E-state index contributed by atoms with van der Waals surface area (Å²) in [6.07, 6.45) is 5.60. The van der Waals surface area contributed by atoms with E-state index in [1.54, 1.807) is 42.3 Å². The monoisotopic (exact) mass is 559 g/mol. The highest BCUT2D eigenvalue weighted by Crippen LogP contribution is 2.39. The smallest absolute Gasteiger partial charge is 0.408 e. The lowest BCUT2D eigenvalue weighted by Gasteiger charge is -2.41. The Bertz CT molecular complexity index is 1520. The van der Waals surface area contributed by atoms with E-state index >= 15 is 0 Å². The standard InChI is InChI=1S/C29H37N9O3/c1-7-20-11-12-29(21(20)8-2,32-27(40)41-28(4,5)6)25(39)36-14-16-37(17-15-36)26-31-24(22-10-9-13-38(22)35-26)30-23-18-19(3)33-34-23/h7-10,13,18H,1-2,11-12,14-17H2,3-6H3,(H,32,40)(H2,30,31,33,34,35). The number of alkyl carbamates (subject to hydrolysis) is 1. The Morgan fingerprint density at radius 2 is 1.93 bits per heavy atom. The number of hydrogen-bond donors (Lipinski definition) is 3. The van der Waals surface area contributed by atoms with Gasteiger partial charge in [-0.2, -0.15) is 10.1 Å². The zero-order valence-electron chi connectivity index (χ0n) is 24.0. The predicted octanol–water partition coefficient (Wildman–Crippen LogP) is 3.88. The fraction of sp³-hybridized carbons (Fsp3) is 0.414. The van der Waals surface area contributed by atoms with Gasteiger partial charge in [-0.1, -0.05) is 25.3 Å². The molecule has 0 bridgehead atoms. The van der Waals surface area contributed by atoms with Crippen LogP contribution in [0, 0.1) is 6.92 Å². The van der Waals surface area contributed by atoms with Crippen molar-refractivity contribution in [1.29, 1.82) is 0 Å². The van der Waals surface area contributed by atoms with Crippen molar-refractivity contribution in [2.75, 3.05) is 36.4 Å². The molecule has 2 amide bonds. The van der Waals surface area contributed by atoms with Crippen LogP contribution in [0.1, 0.15) is 39.3 Å². The van der Waals surface area contributed by atoms with Crippen molar-refractivity contribution in [2.24, 2.45) is 0 Å². The van der Waals surface area contributed by atoms with Gasteiger partial charge in [0.05, 0.1) is 0 Å². The molecule has 41 heavy (non-hydrogen) atoms. The molecular formula is C29H37N9O3. The molecule has 12 heteroatoms. The average molecular weight is 560 g/mol. The number of aryl methyl sites for hydroxylation is 1. The Morgan fingerprint density at radius 1 is 1.17 bits per heavy atom. The first-order valence-corrected chi connectivity index (χ1v) is 13.7. The fourth-order valence-electron chi connectivity index (χ4n) is 5.40. The molecule has 12 nitrogen and oxygen atoms in total. The second kappa shape index (κ2) is 10.8. The van der Waals surface area contributed by atoms with Crippen LogP contribution < -0.4 is 15.5 Å². The van der Waals surface area contributed by atoms with E-state index in [-0.39, 0.29) is 5.91 Å². The summed E-state index contributed by atoms with van der Waals surface area (Å²) in [5.74, 6) is 1.65. The normalized spacial score (nSPS) is 19.4. The summed E-state index contributed by atoms with van der Waals surface area (Å²) in [5, 5.41) is 18.1. The van der Waals surface area contributed by atoms with Crippen molar-refractivity contribution >= 4 is 35.1 Å². The average Bonchev–Trinajstić information content (AvgIpc) is 3.65. The van der Waals surface area contributed by atoms with E-state index in [0.717, 1.165) is 16.8 Å². The maximum Gasteiger partial charge on any atom is 0.408 e. The van der Waals surface area contributed by atoms with E-state index in [9.17, 15) is 9.59 Å². The number of piperazine rings is 1. The number of carbonyl (C=O) groups is 2. The lowest BCUT2D eigenvalue weighted by atomic mass is 9.88. The number of anilines is 3. The molecule has 216 valence electrons. The molecule has 1 unspecified atom stereocenters. The van der Waals surface area contributed by atoms with E-state index in [0.29, 0.717) is 62.2 Å². The Morgan fingerprint density at radius 3 is 2.56 bits per heavy atom. The van der Waals surface area contributed by atoms with Gasteiger partial charge in [0.15, 0.2) is 11.6 Å². The van der Waals surface area contributed by atoms with Crippen LogP contribution in [0.4, 0.5) is 22.4 Å². The number of fused-ring (bicyclic) bond motifs is 1. The van der Waals surface area contributed by atoms with Crippen LogP contribution in [0.25, 0.3) is 5.52 Å². The minimum atomic E-state index is -1.27. The summed E-state index contributed by atoms with van der Waals surface area (Å²) in [7, 11) is 0. The third-order valence-electron chi connectivity index (χ3n) is 7.29. The number of nitrogens with zero attached hydrogens (tertiary/aromatic N) is 6. The number of rotatable bonds is 7. The molecule has 3 N–H and O–H groups in total. The molecule has 1 aliphatic heterocycles. The number of ether oxygens (including phenoxy) is 1. The Hall–Kier alpha value is -4.61. The zero-order chi connectivity index (χ0) is 29.4. The van der Waals surface area contributed by atoms with Crippen molar-refractivity contribution in [3.8, 4) is 0 Å². The van der Waals surface area contributed by atoms with Gasteiger partial charge < -0.3 is 25.2 Å². The first-order valence-electron chi connectivity index (χ1n) is 13.7. The summed E-state index contributed by atoms with van der Waals surface area (Å²) in [6, 6.07) is 5.75. The summed E-state index contributed by atoms with van der Waals surface area (Å²) >= 11 is 0. The molecule has 0 radical (unpaired) electrons. The second-order valence-corrected chi connectivity index (χ2v) is 11.3. The van der Waals surface area contributed by atoms with Crippen molar-refractivity contribution in [3.63, 3.8) is 0 Å². The molecule has 1 atom stereocenters. The number of aromatic nitrogens is 5. The largest absolute Gasteiger partial charge is 0.444 e. The molecular weight excluding hydrogens is 522 g/mol. The summed E-state index contributed by atoms with van der Waals surface area (Å²) in [5.41, 5.74) is 1.34. The molecule has 0 saturated carbocycles. The Balaban J connectivity index is 1.36. The van der Waals surface area contributed by atoms with Crippen LogP contribution in [-0.4, -0.2) is 79.0 Å². The topological polar surface area (TPSA) is 133 Å². The SMILES string of the molecule is C=CC1=C(C=C)C(NC(=O)OC(C)(C)C)(C(=O)N2CCN(c3nc(Nc4cc(C)[nH]n4)c4cccn4n3)CC2)CC1. The first-order chi connectivity index (χ1) is 19.5. The van der Waals surface area contributed by atoms with E-state index in [4.69, 9.17) is 14.8 Å². The summed E-state index contributed by atoms with van der Waals surface area (Å²) in [4.78, 5) is 35.7. The van der Waals surface area contributed by atoms with Crippen LogP contribution in [0.2, 0.25) is 0 Å². The van der Waals surface area contributed by atoms with Gasteiger partial charge in [-0.3, -0.25) is 9.89 Å². The minimum Gasteiger partial charge on any atom is -0.444 e. The molecule has 4 heterocycles. The number of nitrogens with one attached hydrogen (secondary N) is 3. The van der Waals surface area contributed by atoms with Crippen LogP contribution in [0.15, 0.2) is 60.9 Å². The molecule has 2 aliphatic rings. The van der Waals surface area contributed by atoms with Crippen LogP contribution in [0.3, 0.4) is 0 Å². The van der Waals surface area contributed by atoms with Gasteiger partial charge in [-0.25, -0.2) is 9.31 Å². The van der Waals surface area contributed by atoms with E-state index < -0.39 is 17.2 Å². The highest BCUT2D eigenvalue weighted by Gasteiger charge is 2.49. The Labute approximate surface area is 239 Å². The zero-order valence-corrected chi connectivity index (χ0v) is 24.0. The number of hydrogen-bond acceptors (Lipinski definition) is 8. The highest BCUT2D eigenvalue weighted by molar-refractivity contribution is 5.95. The van der Waals surface area contributed by atoms with E-state index in [1.165, 1.54) is 0 Å². The number of amides is 2. The van der Waals surface area contributed by atoms with Gasteiger partial charge in [-0.05, 0) is 63.8 Å². The quantitative estimate of drug-likeness (QED) is 0.397. The van der Waals surface area contributed by atoms with Gasteiger partial charge in [0.25, 0.3) is 5.91 Å². The molecule has 3 aromatic rings.